The van der Waals surface area contributed by atoms with Crippen molar-refractivity contribution in [3.8, 4) is 0 Å². The first-order chi connectivity index (χ1) is 18.0. The van der Waals surface area contributed by atoms with Crippen molar-refractivity contribution in [1.82, 2.24) is 14.9 Å². The molecule has 10 heteroatoms. The number of benzene rings is 2. The standard InChI is InChI=1S/C28H36F3N3O3S/c1-20-13-15-21(16-14-20)18-26(32-23-9-3-2-4-10-23)33-27(35)25-12-5-6-17-34(25)38(36,37)24-11-7-8-22(19-24)28(29,30)31/h7-8,11,13-16,19,23,25-26,32H,2-6,9-10,12,17-18H2,1H3,(H,33,35)/t25-,26-/m0/s1. The maximum absolute atomic E-state index is 13.6. The highest BCUT2D eigenvalue weighted by molar-refractivity contribution is 7.89. The lowest BCUT2D eigenvalue weighted by Gasteiger charge is -2.36. The number of carbonyl (C=O) groups is 1. The van der Waals surface area contributed by atoms with E-state index in [4.69, 9.17) is 0 Å². The van der Waals surface area contributed by atoms with Crippen molar-refractivity contribution >= 4 is 15.9 Å². The summed E-state index contributed by atoms with van der Waals surface area (Å²) >= 11 is 0. The van der Waals surface area contributed by atoms with Crippen molar-refractivity contribution in [3.63, 3.8) is 0 Å². The van der Waals surface area contributed by atoms with Gasteiger partial charge < -0.3 is 5.32 Å². The number of piperidine rings is 1. The second kappa shape index (κ2) is 12.2. The van der Waals surface area contributed by atoms with Crippen LogP contribution in [-0.2, 0) is 27.4 Å². The molecule has 1 saturated heterocycles. The topological polar surface area (TPSA) is 78.5 Å². The summed E-state index contributed by atoms with van der Waals surface area (Å²) in [6.45, 7) is 2.08. The van der Waals surface area contributed by atoms with E-state index in [-0.39, 0.29) is 12.6 Å². The normalized spacial score (nSPS) is 20.7. The number of aryl methyl sites for hydroxylation is 1. The third-order valence-electron chi connectivity index (χ3n) is 7.44. The summed E-state index contributed by atoms with van der Waals surface area (Å²) in [4.78, 5) is 13.1. The Bertz CT molecular complexity index is 1200. The maximum Gasteiger partial charge on any atom is 0.416 e. The molecule has 38 heavy (non-hydrogen) atoms. The molecule has 2 aromatic rings. The summed E-state index contributed by atoms with van der Waals surface area (Å²) in [5, 5.41) is 6.62. The zero-order chi connectivity index (χ0) is 27.3. The van der Waals surface area contributed by atoms with E-state index >= 15 is 0 Å². The van der Waals surface area contributed by atoms with Crippen LogP contribution < -0.4 is 10.6 Å². The van der Waals surface area contributed by atoms with Crippen LogP contribution in [0.1, 0.15) is 68.1 Å². The minimum Gasteiger partial charge on any atom is -0.339 e. The zero-order valence-corrected chi connectivity index (χ0v) is 22.5. The third kappa shape index (κ3) is 7.15. The lowest BCUT2D eigenvalue weighted by molar-refractivity contribution is -0.137. The van der Waals surface area contributed by atoms with E-state index in [2.05, 4.69) is 10.6 Å². The van der Waals surface area contributed by atoms with Gasteiger partial charge in [0, 0.05) is 19.0 Å². The number of nitrogens with one attached hydrogen (secondary N) is 2. The van der Waals surface area contributed by atoms with Gasteiger partial charge in [-0.3, -0.25) is 10.1 Å². The van der Waals surface area contributed by atoms with Gasteiger partial charge in [-0.05, 0) is 56.4 Å². The summed E-state index contributed by atoms with van der Waals surface area (Å²) in [6, 6.07) is 11.0. The van der Waals surface area contributed by atoms with Gasteiger partial charge in [-0.25, -0.2) is 8.42 Å². The third-order valence-corrected chi connectivity index (χ3v) is 9.35. The molecule has 1 aliphatic heterocycles. The summed E-state index contributed by atoms with van der Waals surface area (Å²) in [5.41, 5.74) is 1.14. The van der Waals surface area contributed by atoms with Gasteiger partial charge >= 0.3 is 6.18 Å². The van der Waals surface area contributed by atoms with Gasteiger partial charge in [0.2, 0.25) is 15.9 Å². The number of hydrogen-bond donors (Lipinski definition) is 2. The summed E-state index contributed by atoms with van der Waals surface area (Å²) in [7, 11) is -4.31. The Morgan fingerprint density at radius 1 is 1.00 bits per heavy atom. The van der Waals surface area contributed by atoms with Crippen molar-refractivity contribution in [2.24, 2.45) is 0 Å². The first-order valence-electron chi connectivity index (χ1n) is 13.3. The fourth-order valence-electron chi connectivity index (χ4n) is 5.36. The molecule has 1 amide bonds. The Hall–Kier alpha value is -2.43. The van der Waals surface area contributed by atoms with Crippen LogP contribution in [-0.4, -0.2) is 43.4 Å². The number of amides is 1. The van der Waals surface area contributed by atoms with E-state index in [0.29, 0.717) is 31.7 Å². The lowest BCUT2D eigenvalue weighted by Crippen LogP contribution is -2.58. The molecule has 1 heterocycles. The van der Waals surface area contributed by atoms with Crippen LogP contribution in [0.15, 0.2) is 53.4 Å². The van der Waals surface area contributed by atoms with Crippen LogP contribution in [0, 0.1) is 6.92 Å². The van der Waals surface area contributed by atoms with Crippen LogP contribution in [0.25, 0.3) is 0 Å². The first kappa shape index (κ1) is 28.6. The molecule has 4 rings (SSSR count). The molecule has 0 spiro atoms. The molecular formula is C28H36F3N3O3S. The quantitative estimate of drug-likeness (QED) is 0.444. The SMILES string of the molecule is Cc1ccc(C[C@H](NC(=O)[C@@H]2CCCCN2S(=O)(=O)c2cccc(C(F)(F)F)c2)NC2CCCCC2)cc1. The van der Waals surface area contributed by atoms with E-state index in [1.807, 2.05) is 31.2 Å². The van der Waals surface area contributed by atoms with Crippen molar-refractivity contribution in [2.75, 3.05) is 6.54 Å². The maximum atomic E-state index is 13.6. The van der Waals surface area contributed by atoms with E-state index < -0.39 is 44.8 Å². The average Bonchev–Trinajstić information content (AvgIpc) is 2.90. The molecule has 2 aliphatic rings. The van der Waals surface area contributed by atoms with Gasteiger partial charge in [-0.1, -0.05) is 61.6 Å². The van der Waals surface area contributed by atoms with Crippen LogP contribution in [0.4, 0.5) is 13.2 Å². The predicted octanol–water partition coefficient (Wildman–Crippen LogP) is 5.16. The first-order valence-corrected chi connectivity index (χ1v) is 14.8. The van der Waals surface area contributed by atoms with Crippen molar-refractivity contribution in [3.05, 3.63) is 65.2 Å². The number of carbonyl (C=O) groups excluding carboxylic acids is 1. The largest absolute Gasteiger partial charge is 0.416 e. The van der Waals surface area contributed by atoms with Gasteiger partial charge in [-0.15, -0.1) is 0 Å². The Morgan fingerprint density at radius 2 is 1.68 bits per heavy atom. The molecule has 2 fully saturated rings. The zero-order valence-electron chi connectivity index (χ0n) is 21.6. The number of hydrogen-bond acceptors (Lipinski definition) is 4. The number of halogens is 3. The second-order valence-electron chi connectivity index (χ2n) is 10.4. The van der Waals surface area contributed by atoms with Crippen molar-refractivity contribution in [2.45, 2.75) is 94.0 Å². The highest BCUT2D eigenvalue weighted by atomic mass is 32.2. The molecule has 2 atom stereocenters. The monoisotopic (exact) mass is 551 g/mol. The molecule has 0 aromatic heterocycles. The lowest BCUT2D eigenvalue weighted by atomic mass is 9.95. The Balaban J connectivity index is 1.54. The smallest absolute Gasteiger partial charge is 0.339 e. The molecule has 208 valence electrons. The molecule has 6 nitrogen and oxygen atoms in total. The molecule has 0 radical (unpaired) electrons. The summed E-state index contributed by atoms with van der Waals surface area (Å²) < 4.78 is 67.8. The van der Waals surface area contributed by atoms with Crippen LogP contribution in [0.2, 0.25) is 0 Å². The minimum atomic E-state index is -4.67. The average molecular weight is 552 g/mol. The van der Waals surface area contributed by atoms with Gasteiger partial charge in [0.05, 0.1) is 16.6 Å². The fraction of sp³-hybridized carbons (Fsp3) is 0.536. The number of alkyl halides is 3. The van der Waals surface area contributed by atoms with Crippen molar-refractivity contribution in [1.29, 1.82) is 0 Å². The van der Waals surface area contributed by atoms with Crippen LogP contribution in [0.3, 0.4) is 0 Å². The van der Waals surface area contributed by atoms with Gasteiger partial charge in [0.25, 0.3) is 0 Å². The number of rotatable bonds is 8. The summed E-state index contributed by atoms with van der Waals surface area (Å²) in [6.07, 6.45) is 2.44. The predicted molar refractivity (Wildman–Crippen MR) is 140 cm³/mol. The second-order valence-corrected chi connectivity index (χ2v) is 12.3. The molecule has 1 aliphatic carbocycles. The van der Waals surface area contributed by atoms with E-state index in [1.54, 1.807) is 0 Å². The van der Waals surface area contributed by atoms with Crippen LogP contribution in [0.5, 0.6) is 0 Å². The van der Waals surface area contributed by atoms with E-state index in [1.165, 1.54) is 6.42 Å². The Kier molecular flexibility index (Phi) is 9.15. The molecule has 0 unspecified atom stereocenters. The van der Waals surface area contributed by atoms with Crippen LogP contribution >= 0.6 is 0 Å². The molecule has 2 N–H and O–H groups in total. The van der Waals surface area contributed by atoms with Crippen molar-refractivity contribution < 1.29 is 26.4 Å². The minimum absolute atomic E-state index is 0.0787. The molecule has 2 aromatic carbocycles. The number of sulfonamides is 1. The molecule has 0 bridgehead atoms. The fourth-order valence-corrected chi connectivity index (χ4v) is 7.06. The molecular weight excluding hydrogens is 515 g/mol. The van der Waals surface area contributed by atoms with Gasteiger partial charge in [0.1, 0.15) is 6.04 Å². The summed E-state index contributed by atoms with van der Waals surface area (Å²) in [5.74, 6) is -0.430. The van der Waals surface area contributed by atoms with E-state index in [9.17, 15) is 26.4 Å². The van der Waals surface area contributed by atoms with Gasteiger partial charge in [-0.2, -0.15) is 17.5 Å². The number of nitrogens with zero attached hydrogens (tertiary/aromatic N) is 1. The van der Waals surface area contributed by atoms with Gasteiger partial charge in [0.15, 0.2) is 0 Å². The molecule has 1 saturated carbocycles. The Morgan fingerprint density at radius 3 is 2.37 bits per heavy atom. The highest BCUT2D eigenvalue weighted by Crippen LogP contribution is 2.32. The van der Waals surface area contributed by atoms with E-state index in [0.717, 1.165) is 59.3 Å². The highest BCUT2D eigenvalue weighted by Gasteiger charge is 2.39. The Labute approximate surface area is 223 Å².